The van der Waals surface area contributed by atoms with Gasteiger partial charge in [-0.2, -0.15) is 5.10 Å². The molecule has 1 aromatic heterocycles. The zero-order chi connectivity index (χ0) is 16.7. The van der Waals surface area contributed by atoms with Crippen LogP contribution in [0.3, 0.4) is 0 Å². The quantitative estimate of drug-likeness (QED) is 0.574. The number of hydrogen-bond donors (Lipinski definition) is 2. The summed E-state index contributed by atoms with van der Waals surface area (Å²) in [6.07, 6.45) is 1.77. The van der Waals surface area contributed by atoms with E-state index in [1.165, 1.54) is 11.3 Å². The van der Waals surface area contributed by atoms with Crippen molar-refractivity contribution in [1.82, 2.24) is 9.88 Å². The lowest BCUT2D eigenvalue weighted by Gasteiger charge is -2.19. The summed E-state index contributed by atoms with van der Waals surface area (Å²) in [7, 11) is 1.70. The first kappa shape index (κ1) is 17.2. The van der Waals surface area contributed by atoms with Gasteiger partial charge in [0.25, 0.3) is 0 Å². The first-order chi connectivity index (χ1) is 11.2. The molecule has 6 nitrogen and oxygen atoms in total. The average molecular weight is 333 g/mol. The van der Waals surface area contributed by atoms with Crippen LogP contribution in [0.1, 0.15) is 25.0 Å². The van der Waals surface area contributed by atoms with Gasteiger partial charge in [-0.05, 0) is 36.9 Å². The summed E-state index contributed by atoms with van der Waals surface area (Å²) in [5.74, 6) is 1.40. The fourth-order valence-corrected chi connectivity index (χ4v) is 2.74. The summed E-state index contributed by atoms with van der Waals surface area (Å²) >= 11 is 1.42. The van der Waals surface area contributed by atoms with Crippen LogP contribution in [0.25, 0.3) is 0 Å². The number of hydrazone groups is 1. The number of benzene rings is 1. The van der Waals surface area contributed by atoms with E-state index >= 15 is 0 Å². The van der Waals surface area contributed by atoms with Crippen LogP contribution in [0.2, 0.25) is 0 Å². The Morgan fingerprint density at radius 3 is 2.78 bits per heavy atom. The van der Waals surface area contributed by atoms with Gasteiger partial charge in [-0.25, -0.2) is 4.98 Å². The van der Waals surface area contributed by atoms with Gasteiger partial charge in [0.05, 0.1) is 13.3 Å². The largest absolute Gasteiger partial charge is 0.496 e. The molecule has 0 aliphatic carbocycles. The molecule has 0 spiro atoms. The number of methoxy groups -OCH3 is 1. The van der Waals surface area contributed by atoms with Crippen molar-refractivity contribution in [1.29, 1.82) is 0 Å². The number of rotatable bonds is 8. The zero-order valence-corrected chi connectivity index (χ0v) is 14.6. The number of aromatic nitrogens is 1. The van der Waals surface area contributed by atoms with Crippen molar-refractivity contribution < 1.29 is 4.74 Å². The Balaban J connectivity index is 2.09. The van der Waals surface area contributed by atoms with Crippen molar-refractivity contribution >= 4 is 28.5 Å². The Morgan fingerprint density at radius 1 is 1.39 bits per heavy atom. The molecule has 0 saturated heterocycles. The molecule has 0 bridgehead atoms. The molecule has 0 radical (unpaired) electrons. The van der Waals surface area contributed by atoms with Gasteiger partial charge in [-0.1, -0.05) is 13.8 Å². The lowest BCUT2D eigenvalue weighted by Crippen LogP contribution is -2.22. The molecule has 3 N–H and O–H groups in total. The van der Waals surface area contributed by atoms with E-state index in [-0.39, 0.29) is 0 Å². The van der Waals surface area contributed by atoms with Gasteiger partial charge in [0, 0.05) is 17.5 Å². The van der Waals surface area contributed by atoms with E-state index in [2.05, 4.69) is 40.3 Å². The van der Waals surface area contributed by atoms with E-state index in [0.29, 0.717) is 10.9 Å². The van der Waals surface area contributed by atoms with E-state index in [1.54, 1.807) is 18.7 Å². The minimum absolute atomic E-state index is 0.499. The Labute approximate surface area is 141 Å². The summed E-state index contributed by atoms with van der Waals surface area (Å²) in [6, 6.07) is 6.05. The Morgan fingerprint density at radius 2 is 2.17 bits per heavy atom. The molecule has 0 aliphatic rings. The lowest BCUT2D eigenvalue weighted by molar-refractivity contribution is 0.289. The van der Waals surface area contributed by atoms with Gasteiger partial charge in [-0.15, -0.1) is 11.3 Å². The number of thiazole rings is 1. The minimum Gasteiger partial charge on any atom is -0.496 e. The highest BCUT2D eigenvalue weighted by Crippen LogP contribution is 2.21. The number of nitrogen functional groups attached to an aromatic ring is 1. The summed E-state index contributed by atoms with van der Waals surface area (Å²) in [5, 5.41) is 6.65. The molecule has 2 rings (SSSR count). The maximum Gasteiger partial charge on any atom is 0.205 e. The molecule has 1 aromatic carbocycles. The van der Waals surface area contributed by atoms with Crippen molar-refractivity contribution in [3.8, 4) is 5.75 Å². The normalized spacial score (nSPS) is 11.3. The van der Waals surface area contributed by atoms with Gasteiger partial charge >= 0.3 is 0 Å². The highest BCUT2D eigenvalue weighted by molar-refractivity contribution is 7.14. The van der Waals surface area contributed by atoms with Crippen LogP contribution in [0.15, 0.2) is 28.7 Å². The first-order valence-corrected chi connectivity index (χ1v) is 8.43. The molecule has 0 saturated carbocycles. The van der Waals surface area contributed by atoms with Gasteiger partial charge in [0.1, 0.15) is 11.6 Å². The molecule has 2 aromatic rings. The lowest BCUT2D eigenvalue weighted by atomic mass is 10.1. The number of hydrogen-bond acceptors (Lipinski definition) is 7. The van der Waals surface area contributed by atoms with E-state index in [0.717, 1.165) is 36.5 Å². The molecular formula is C16H23N5OS. The fourth-order valence-electron chi connectivity index (χ4n) is 2.19. The molecule has 124 valence electrons. The standard InChI is InChI=1S/C16H23N5OS/c1-4-21(5-2)10-13-8-12(6-7-14(13)22-3)9-18-20-16-19-15(17)11-23-16/h6-9,11H,4-5,10,17H2,1-3H3,(H,19,20). The van der Waals surface area contributed by atoms with Crippen molar-refractivity contribution in [3.05, 3.63) is 34.7 Å². The minimum atomic E-state index is 0.499. The third kappa shape index (κ3) is 4.94. The van der Waals surface area contributed by atoms with Crippen LogP contribution in [-0.2, 0) is 6.54 Å². The molecule has 0 fully saturated rings. The molecule has 0 aliphatic heterocycles. The Kier molecular flexibility index (Phi) is 6.37. The second-order valence-corrected chi connectivity index (χ2v) is 5.84. The maximum absolute atomic E-state index is 5.57. The highest BCUT2D eigenvalue weighted by atomic mass is 32.1. The van der Waals surface area contributed by atoms with Crippen molar-refractivity contribution in [3.63, 3.8) is 0 Å². The van der Waals surface area contributed by atoms with Crippen LogP contribution in [-0.4, -0.2) is 36.3 Å². The molecule has 0 unspecified atom stereocenters. The zero-order valence-electron chi connectivity index (χ0n) is 13.7. The van der Waals surface area contributed by atoms with Crippen LogP contribution in [0.4, 0.5) is 10.9 Å². The van der Waals surface area contributed by atoms with Gasteiger partial charge in [0.15, 0.2) is 0 Å². The third-order valence-corrected chi connectivity index (χ3v) is 4.25. The van der Waals surface area contributed by atoms with E-state index < -0.39 is 0 Å². The number of anilines is 2. The Bertz CT molecular complexity index is 652. The van der Waals surface area contributed by atoms with Gasteiger partial charge in [-0.3, -0.25) is 10.3 Å². The van der Waals surface area contributed by atoms with Crippen molar-refractivity contribution in [2.24, 2.45) is 5.10 Å². The van der Waals surface area contributed by atoms with Crippen LogP contribution >= 0.6 is 11.3 Å². The SMILES string of the molecule is CCN(CC)Cc1cc(C=NNc2nc(N)cs2)ccc1OC. The number of nitrogens with two attached hydrogens (primary N) is 1. The van der Waals surface area contributed by atoms with Crippen molar-refractivity contribution in [2.45, 2.75) is 20.4 Å². The summed E-state index contributed by atoms with van der Waals surface area (Å²) in [4.78, 5) is 6.44. The number of nitrogens with one attached hydrogen (secondary N) is 1. The van der Waals surface area contributed by atoms with E-state index in [9.17, 15) is 0 Å². The second-order valence-electron chi connectivity index (χ2n) is 4.98. The third-order valence-electron chi connectivity index (χ3n) is 3.49. The number of ether oxygens (including phenoxy) is 1. The van der Waals surface area contributed by atoms with Crippen LogP contribution in [0, 0.1) is 0 Å². The molecule has 7 heteroatoms. The van der Waals surface area contributed by atoms with Crippen LogP contribution < -0.4 is 15.9 Å². The van der Waals surface area contributed by atoms with Crippen LogP contribution in [0.5, 0.6) is 5.75 Å². The molecule has 23 heavy (non-hydrogen) atoms. The topological polar surface area (TPSA) is 75.8 Å². The summed E-state index contributed by atoms with van der Waals surface area (Å²) < 4.78 is 5.46. The predicted molar refractivity (Wildman–Crippen MR) is 97.4 cm³/mol. The highest BCUT2D eigenvalue weighted by Gasteiger charge is 2.08. The summed E-state index contributed by atoms with van der Waals surface area (Å²) in [5.41, 5.74) is 10.6. The number of nitrogens with zero attached hydrogens (tertiary/aromatic N) is 3. The first-order valence-electron chi connectivity index (χ1n) is 7.55. The van der Waals surface area contributed by atoms with Gasteiger partial charge < -0.3 is 10.5 Å². The smallest absolute Gasteiger partial charge is 0.205 e. The van der Waals surface area contributed by atoms with E-state index in [4.69, 9.17) is 10.5 Å². The fraction of sp³-hybridized carbons (Fsp3) is 0.375. The Hall–Kier alpha value is -2.12. The van der Waals surface area contributed by atoms with E-state index in [1.807, 2.05) is 12.1 Å². The monoisotopic (exact) mass is 333 g/mol. The maximum atomic E-state index is 5.57. The van der Waals surface area contributed by atoms with Gasteiger partial charge in [0.2, 0.25) is 5.13 Å². The predicted octanol–water partition coefficient (Wildman–Crippen LogP) is 3.02. The van der Waals surface area contributed by atoms with Crippen molar-refractivity contribution in [2.75, 3.05) is 31.4 Å². The molecule has 0 atom stereocenters. The second kappa shape index (κ2) is 8.50. The molecular weight excluding hydrogens is 310 g/mol. The average Bonchev–Trinajstić information content (AvgIpc) is 2.98. The summed E-state index contributed by atoms with van der Waals surface area (Å²) in [6.45, 7) is 7.18. The molecule has 0 amide bonds. The molecule has 1 heterocycles.